The second kappa shape index (κ2) is 12.5. The number of aliphatic hydroxyl groups excluding tert-OH is 8. The zero-order valence-corrected chi connectivity index (χ0v) is 21.1. The number of allylic oxidation sites excluding steroid dienone is 2. The average Bonchev–Trinajstić information content (AvgIpc) is 2.91. The molecular formula is C28H38N2O8. The molecule has 0 radical (unpaired) electrons. The molecule has 0 aromatic heterocycles. The molecule has 8 N–H and O–H groups in total. The number of hydrogen-bond donors (Lipinski definition) is 8. The van der Waals surface area contributed by atoms with E-state index in [9.17, 15) is 40.9 Å². The predicted molar refractivity (Wildman–Crippen MR) is 141 cm³/mol. The maximum atomic E-state index is 10.1. The third-order valence-electron chi connectivity index (χ3n) is 7.57. The van der Waals surface area contributed by atoms with Gasteiger partial charge in [0.2, 0.25) is 0 Å². The van der Waals surface area contributed by atoms with Crippen LogP contribution in [-0.4, -0.2) is 126 Å². The molecule has 2 saturated heterocycles. The first-order chi connectivity index (χ1) is 18.2. The summed E-state index contributed by atoms with van der Waals surface area (Å²) in [6.07, 6.45) is 1.26. The smallest absolute Gasteiger partial charge is 0.110 e. The Morgan fingerprint density at radius 2 is 1.00 bits per heavy atom. The fraction of sp³-hybridized carbons (Fsp3) is 0.500. The van der Waals surface area contributed by atoms with Crippen molar-refractivity contribution in [2.45, 2.75) is 61.5 Å². The van der Waals surface area contributed by atoms with Crippen LogP contribution in [-0.2, 0) is 12.8 Å². The van der Waals surface area contributed by atoms with E-state index in [1.54, 1.807) is 22.2 Å². The normalized spacial score (nSPS) is 32.6. The van der Waals surface area contributed by atoms with Gasteiger partial charge in [-0.2, -0.15) is 0 Å². The SMILES string of the molecule is OCC1C(O)C(O)C(O)CN1/C=C/Cc1ccc2cc(C/C=C/N3CC(O)C(O)C(O)C3CO)ccc2c1. The Hall–Kier alpha value is -2.54. The van der Waals surface area contributed by atoms with Crippen LogP contribution < -0.4 is 0 Å². The third-order valence-corrected chi connectivity index (χ3v) is 7.57. The van der Waals surface area contributed by atoms with Gasteiger partial charge in [0.05, 0.1) is 37.5 Å². The highest BCUT2D eigenvalue weighted by Gasteiger charge is 2.40. The Kier molecular flexibility index (Phi) is 9.40. The number of rotatable bonds is 8. The highest BCUT2D eigenvalue weighted by atomic mass is 16.4. The predicted octanol–water partition coefficient (Wildman–Crippen LogP) is -1.53. The van der Waals surface area contributed by atoms with Crippen molar-refractivity contribution >= 4 is 10.8 Å². The summed E-state index contributed by atoms with van der Waals surface area (Å²) in [5, 5.41) is 81.1. The van der Waals surface area contributed by atoms with Crippen molar-refractivity contribution in [3.05, 3.63) is 72.1 Å². The topological polar surface area (TPSA) is 168 Å². The van der Waals surface area contributed by atoms with Crippen molar-refractivity contribution in [1.82, 2.24) is 9.80 Å². The Balaban J connectivity index is 1.37. The number of hydrogen-bond acceptors (Lipinski definition) is 10. The first-order valence-corrected chi connectivity index (χ1v) is 12.9. The van der Waals surface area contributed by atoms with Gasteiger partial charge < -0.3 is 50.7 Å². The van der Waals surface area contributed by atoms with Gasteiger partial charge in [-0.3, -0.25) is 0 Å². The maximum Gasteiger partial charge on any atom is 0.110 e. The molecule has 2 aliphatic heterocycles. The molecule has 0 aliphatic carbocycles. The summed E-state index contributed by atoms with van der Waals surface area (Å²) in [6.45, 7) is -0.432. The minimum Gasteiger partial charge on any atom is -0.394 e. The maximum absolute atomic E-state index is 10.1. The van der Waals surface area contributed by atoms with Gasteiger partial charge in [-0.25, -0.2) is 0 Å². The Labute approximate surface area is 221 Å². The molecule has 0 bridgehead atoms. The number of benzene rings is 2. The summed E-state index contributed by atoms with van der Waals surface area (Å²) in [5.74, 6) is 0. The van der Waals surface area contributed by atoms with Crippen LogP contribution in [0.3, 0.4) is 0 Å². The zero-order chi connectivity index (χ0) is 27.4. The van der Waals surface area contributed by atoms with Crippen molar-refractivity contribution < 1.29 is 40.9 Å². The zero-order valence-electron chi connectivity index (χ0n) is 21.1. The Bertz CT molecular complexity index is 1040. The molecule has 10 nitrogen and oxygen atoms in total. The summed E-state index contributed by atoms with van der Waals surface area (Å²) < 4.78 is 0. The van der Waals surface area contributed by atoms with E-state index < -0.39 is 48.7 Å². The fourth-order valence-corrected chi connectivity index (χ4v) is 5.24. The van der Waals surface area contributed by atoms with Crippen LogP contribution in [0.4, 0.5) is 0 Å². The quantitative estimate of drug-likeness (QED) is 0.201. The van der Waals surface area contributed by atoms with Crippen LogP contribution in [0.1, 0.15) is 11.1 Å². The minimum atomic E-state index is -1.28. The molecule has 10 heteroatoms. The van der Waals surface area contributed by atoms with Crippen LogP contribution in [0.5, 0.6) is 0 Å². The first-order valence-electron chi connectivity index (χ1n) is 12.9. The average molecular weight is 531 g/mol. The third kappa shape index (κ3) is 6.19. The standard InChI is InChI=1S/C28H38N2O8/c31-15-21-25(35)27(37)23(33)13-29(21)9-1-3-17-5-7-20-12-18(6-8-19(20)11-17)4-2-10-30-14-24(34)28(38)26(36)22(30)16-32/h1-2,5-12,21-28,31-38H,3-4,13-16H2/b9-1+,10-2+. The van der Waals surface area contributed by atoms with Gasteiger partial charge in [-0.05, 0) is 47.1 Å². The van der Waals surface area contributed by atoms with Crippen LogP contribution in [0.2, 0.25) is 0 Å². The van der Waals surface area contributed by atoms with E-state index in [0.29, 0.717) is 12.8 Å². The van der Waals surface area contributed by atoms with Crippen molar-refractivity contribution in [1.29, 1.82) is 0 Å². The van der Waals surface area contributed by atoms with E-state index in [1.807, 2.05) is 36.4 Å². The molecule has 2 heterocycles. The van der Waals surface area contributed by atoms with Gasteiger partial charge in [-0.15, -0.1) is 0 Å². The molecule has 0 spiro atoms. The number of piperidine rings is 2. The lowest BCUT2D eigenvalue weighted by molar-refractivity contribution is -0.133. The molecule has 0 saturated carbocycles. The molecule has 2 aromatic rings. The van der Waals surface area contributed by atoms with Gasteiger partial charge in [-0.1, -0.05) is 48.6 Å². The number of likely N-dealkylation sites (tertiary alicyclic amines) is 2. The van der Waals surface area contributed by atoms with Crippen LogP contribution in [0, 0.1) is 0 Å². The summed E-state index contributed by atoms with van der Waals surface area (Å²) in [5.41, 5.74) is 2.14. The second-order valence-electron chi connectivity index (χ2n) is 10.2. The number of fused-ring (bicyclic) bond motifs is 1. The first kappa shape index (κ1) is 28.5. The monoisotopic (exact) mass is 530 g/mol. The van der Waals surface area contributed by atoms with Crippen LogP contribution >= 0.6 is 0 Å². The number of nitrogens with zero attached hydrogens (tertiary/aromatic N) is 2. The molecule has 38 heavy (non-hydrogen) atoms. The van der Waals surface area contributed by atoms with Crippen molar-refractivity contribution in [3.63, 3.8) is 0 Å². The Morgan fingerprint density at radius 3 is 1.37 bits per heavy atom. The highest BCUT2D eigenvalue weighted by Crippen LogP contribution is 2.22. The molecular weight excluding hydrogens is 492 g/mol. The highest BCUT2D eigenvalue weighted by molar-refractivity contribution is 5.84. The van der Waals surface area contributed by atoms with E-state index in [0.717, 1.165) is 21.9 Å². The molecule has 2 aromatic carbocycles. The summed E-state index contributed by atoms with van der Waals surface area (Å²) in [7, 11) is 0. The minimum absolute atomic E-state index is 0.121. The van der Waals surface area contributed by atoms with E-state index in [1.165, 1.54) is 0 Å². The summed E-state index contributed by atoms with van der Waals surface area (Å²) >= 11 is 0. The fourth-order valence-electron chi connectivity index (χ4n) is 5.24. The molecule has 8 unspecified atom stereocenters. The molecule has 0 amide bonds. The lowest BCUT2D eigenvalue weighted by atomic mass is 9.94. The molecule has 4 rings (SSSR count). The van der Waals surface area contributed by atoms with Gasteiger partial charge in [0.1, 0.15) is 24.4 Å². The number of β-amino-alcohol motifs (C(OH)–C–C–N with tert-alkyl or cyclic N) is 2. The second-order valence-corrected chi connectivity index (χ2v) is 10.2. The number of aliphatic hydroxyl groups is 8. The van der Waals surface area contributed by atoms with E-state index >= 15 is 0 Å². The van der Waals surface area contributed by atoms with Gasteiger partial charge in [0.25, 0.3) is 0 Å². The van der Waals surface area contributed by atoms with Crippen molar-refractivity contribution in [2.24, 2.45) is 0 Å². The molecule has 2 aliphatic rings. The summed E-state index contributed by atoms with van der Waals surface area (Å²) in [6, 6.07) is 10.9. The van der Waals surface area contributed by atoms with Crippen molar-refractivity contribution in [2.75, 3.05) is 26.3 Å². The van der Waals surface area contributed by atoms with Gasteiger partial charge in [0.15, 0.2) is 0 Å². The molecule has 2 fully saturated rings. The van der Waals surface area contributed by atoms with E-state index in [-0.39, 0.29) is 26.3 Å². The molecule has 8 atom stereocenters. The van der Waals surface area contributed by atoms with Crippen LogP contribution in [0.15, 0.2) is 61.0 Å². The van der Waals surface area contributed by atoms with E-state index in [2.05, 4.69) is 12.1 Å². The lowest BCUT2D eigenvalue weighted by Crippen LogP contribution is -2.60. The van der Waals surface area contributed by atoms with Crippen molar-refractivity contribution in [3.8, 4) is 0 Å². The lowest BCUT2D eigenvalue weighted by Gasteiger charge is -2.42. The van der Waals surface area contributed by atoms with E-state index in [4.69, 9.17) is 0 Å². The summed E-state index contributed by atoms with van der Waals surface area (Å²) in [4.78, 5) is 3.30. The Morgan fingerprint density at radius 1 is 0.605 bits per heavy atom. The van der Waals surface area contributed by atoms with Gasteiger partial charge >= 0.3 is 0 Å². The largest absolute Gasteiger partial charge is 0.394 e. The molecule has 208 valence electrons. The van der Waals surface area contributed by atoms with Gasteiger partial charge in [0, 0.05) is 13.1 Å². The van der Waals surface area contributed by atoms with Crippen LogP contribution in [0.25, 0.3) is 10.8 Å².